The van der Waals surface area contributed by atoms with Gasteiger partial charge in [0.1, 0.15) is 47.1 Å². The largest absolute Gasteiger partial charge is 0.489 e. The number of halogens is 1. The van der Waals surface area contributed by atoms with Crippen LogP contribution < -0.4 is 24.7 Å². The van der Waals surface area contributed by atoms with Crippen molar-refractivity contribution in [1.29, 1.82) is 5.26 Å². The second kappa shape index (κ2) is 12.5. The number of hydrogen-bond acceptors (Lipinski definition) is 7. The van der Waals surface area contributed by atoms with Gasteiger partial charge in [-0.15, -0.1) is 0 Å². The van der Waals surface area contributed by atoms with Crippen LogP contribution in [0.25, 0.3) is 0 Å². The number of ether oxygens (including phenoxy) is 4. The van der Waals surface area contributed by atoms with Crippen LogP contribution in [0.1, 0.15) is 47.9 Å². The van der Waals surface area contributed by atoms with Crippen LogP contribution in [-0.4, -0.2) is 12.6 Å². The highest BCUT2D eigenvalue weighted by Crippen LogP contribution is 2.43. The molecule has 0 aliphatic carbocycles. The molecule has 1 aliphatic heterocycles. The van der Waals surface area contributed by atoms with Crippen LogP contribution in [0.5, 0.6) is 23.0 Å². The molecule has 4 aromatic carbocycles. The number of allylic oxidation sites excluding steroid dienone is 1. The Kier molecular flexibility index (Phi) is 8.39. The predicted octanol–water partition coefficient (Wildman–Crippen LogP) is 6.73. The normalized spacial score (nSPS) is 14.0. The predicted molar refractivity (Wildman–Crippen MR) is 155 cm³/mol. The number of carbonyl (C=O) groups is 1. The van der Waals surface area contributed by atoms with Crippen LogP contribution in [-0.2, 0) is 11.4 Å². The van der Waals surface area contributed by atoms with Crippen molar-refractivity contribution in [3.8, 4) is 29.1 Å². The third kappa shape index (κ3) is 6.37. The zero-order chi connectivity index (χ0) is 29.6. The fourth-order valence-corrected chi connectivity index (χ4v) is 4.63. The molecule has 2 N–H and O–H groups in total. The fourth-order valence-electron chi connectivity index (χ4n) is 4.63. The molecular formula is C34H29FN2O5. The molecule has 1 unspecified atom stereocenters. The van der Waals surface area contributed by atoms with E-state index in [1.165, 1.54) is 11.6 Å². The average Bonchev–Trinajstić information content (AvgIpc) is 2.99. The highest BCUT2D eigenvalue weighted by Gasteiger charge is 2.31. The number of rotatable bonds is 9. The molecule has 1 heterocycles. The lowest BCUT2D eigenvalue weighted by Gasteiger charge is -2.26. The maximum Gasteiger partial charge on any atom is 0.349 e. The van der Waals surface area contributed by atoms with Crippen LogP contribution in [0.4, 0.5) is 4.39 Å². The second-order valence-corrected chi connectivity index (χ2v) is 10.1. The van der Waals surface area contributed by atoms with Crippen molar-refractivity contribution in [2.24, 2.45) is 5.73 Å². The zero-order valence-electron chi connectivity index (χ0n) is 23.2. The smallest absolute Gasteiger partial charge is 0.349 e. The lowest BCUT2D eigenvalue weighted by atomic mass is 9.83. The van der Waals surface area contributed by atoms with E-state index in [4.69, 9.17) is 24.7 Å². The number of carbonyl (C=O) groups excluding carboxylic acids is 1. The van der Waals surface area contributed by atoms with E-state index in [2.05, 4.69) is 19.9 Å². The number of fused-ring (bicyclic) bond motifs is 1. The van der Waals surface area contributed by atoms with E-state index < -0.39 is 11.9 Å². The van der Waals surface area contributed by atoms with Crippen LogP contribution >= 0.6 is 0 Å². The quantitative estimate of drug-likeness (QED) is 0.178. The molecule has 5 rings (SSSR count). The minimum atomic E-state index is -0.581. The first-order valence-electron chi connectivity index (χ1n) is 13.4. The molecule has 0 radical (unpaired) electrons. The lowest BCUT2D eigenvalue weighted by Crippen LogP contribution is -2.21. The summed E-state index contributed by atoms with van der Waals surface area (Å²) in [5.74, 6) is 0.668. The zero-order valence-corrected chi connectivity index (χ0v) is 23.2. The Balaban J connectivity index is 1.28. The SMILES string of the molecule is CC(C)c1ccc(OCC(=O)Oc2ccc3c(c2)OC(N)=C(C#N)C3c2ccc(OCc3ccccc3F)cc2)cc1. The number of nitrogens with zero attached hydrogens (tertiary/aromatic N) is 1. The van der Waals surface area contributed by atoms with E-state index in [-0.39, 0.29) is 36.2 Å². The van der Waals surface area contributed by atoms with Gasteiger partial charge in [-0.05, 0) is 53.4 Å². The summed E-state index contributed by atoms with van der Waals surface area (Å²) in [6.07, 6.45) is 0. The van der Waals surface area contributed by atoms with Crippen LogP contribution in [0.15, 0.2) is 102 Å². The van der Waals surface area contributed by atoms with Gasteiger partial charge in [-0.2, -0.15) is 5.26 Å². The van der Waals surface area contributed by atoms with Crippen molar-refractivity contribution in [2.75, 3.05) is 6.61 Å². The third-order valence-electron chi connectivity index (χ3n) is 6.89. The summed E-state index contributed by atoms with van der Waals surface area (Å²) in [6, 6.07) is 28.2. The number of nitrogens with two attached hydrogens (primary N) is 1. The number of hydrogen-bond donors (Lipinski definition) is 1. The van der Waals surface area contributed by atoms with E-state index in [0.29, 0.717) is 34.3 Å². The summed E-state index contributed by atoms with van der Waals surface area (Å²) in [7, 11) is 0. The monoisotopic (exact) mass is 564 g/mol. The van der Waals surface area contributed by atoms with Crippen LogP contribution in [0.3, 0.4) is 0 Å². The molecule has 0 bridgehead atoms. The molecule has 0 aromatic heterocycles. The van der Waals surface area contributed by atoms with Gasteiger partial charge >= 0.3 is 5.97 Å². The van der Waals surface area contributed by atoms with Gasteiger partial charge in [0.25, 0.3) is 0 Å². The van der Waals surface area contributed by atoms with Gasteiger partial charge in [-0.25, -0.2) is 9.18 Å². The topological polar surface area (TPSA) is 104 Å². The average molecular weight is 565 g/mol. The first-order chi connectivity index (χ1) is 20.3. The van der Waals surface area contributed by atoms with Gasteiger partial charge in [0.15, 0.2) is 6.61 Å². The van der Waals surface area contributed by atoms with Gasteiger partial charge in [-0.1, -0.05) is 62.4 Å². The third-order valence-corrected chi connectivity index (χ3v) is 6.89. The molecule has 42 heavy (non-hydrogen) atoms. The molecule has 8 heteroatoms. The molecule has 0 saturated carbocycles. The Morgan fingerprint density at radius 2 is 1.62 bits per heavy atom. The van der Waals surface area contributed by atoms with E-state index in [1.54, 1.807) is 48.5 Å². The molecule has 0 saturated heterocycles. The second-order valence-electron chi connectivity index (χ2n) is 10.1. The minimum Gasteiger partial charge on any atom is -0.489 e. The molecule has 7 nitrogen and oxygen atoms in total. The number of nitriles is 1. The highest BCUT2D eigenvalue weighted by atomic mass is 19.1. The van der Waals surface area contributed by atoms with Crippen molar-refractivity contribution in [2.45, 2.75) is 32.3 Å². The van der Waals surface area contributed by atoms with Gasteiger partial charge in [0.2, 0.25) is 5.88 Å². The maximum atomic E-state index is 13.9. The van der Waals surface area contributed by atoms with Crippen molar-refractivity contribution < 1.29 is 28.1 Å². The molecule has 0 spiro atoms. The molecule has 212 valence electrons. The van der Waals surface area contributed by atoms with Crippen LogP contribution in [0, 0.1) is 17.1 Å². The standard InChI is InChI=1S/C34H29FN2O5/c1-21(2)22-7-11-26(12-8-22)40-20-32(38)41-27-15-16-28-31(17-27)42-34(37)29(18-36)33(28)23-9-13-25(14-10-23)39-19-24-5-3-4-6-30(24)35/h3-17,21,33H,19-20,37H2,1-2H3. The number of benzene rings is 4. The molecule has 4 aromatic rings. The van der Waals surface area contributed by atoms with Crippen molar-refractivity contribution >= 4 is 5.97 Å². The van der Waals surface area contributed by atoms with E-state index in [1.807, 2.05) is 36.4 Å². The number of esters is 1. The summed E-state index contributed by atoms with van der Waals surface area (Å²) in [6.45, 7) is 4.02. The molecule has 1 atom stereocenters. The summed E-state index contributed by atoms with van der Waals surface area (Å²) >= 11 is 0. The van der Waals surface area contributed by atoms with Crippen LogP contribution in [0.2, 0.25) is 0 Å². The highest BCUT2D eigenvalue weighted by molar-refractivity contribution is 5.74. The molecule has 0 fully saturated rings. The summed E-state index contributed by atoms with van der Waals surface area (Å²) in [5, 5.41) is 9.87. The summed E-state index contributed by atoms with van der Waals surface area (Å²) in [4.78, 5) is 12.5. The molecular weight excluding hydrogens is 535 g/mol. The van der Waals surface area contributed by atoms with Crippen molar-refractivity contribution in [3.63, 3.8) is 0 Å². The Labute approximate surface area is 243 Å². The van der Waals surface area contributed by atoms with Crippen molar-refractivity contribution in [1.82, 2.24) is 0 Å². The van der Waals surface area contributed by atoms with Gasteiger partial charge in [-0.3, -0.25) is 0 Å². The molecule has 0 amide bonds. The Hall–Kier alpha value is -5.29. The fraction of sp³-hybridized carbons (Fsp3) is 0.176. The van der Waals surface area contributed by atoms with Crippen molar-refractivity contribution in [3.05, 3.63) is 131 Å². The summed E-state index contributed by atoms with van der Waals surface area (Å²) in [5.41, 5.74) is 9.47. The Bertz CT molecular complexity index is 1660. The van der Waals surface area contributed by atoms with Gasteiger partial charge < -0.3 is 24.7 Å². The summed E-state index contributed by atoms with van der Waals surface area (Å²) < 4.78 is 36.5. The van der Waals surface area contributed by atoms with E-state index >= 15 is 0 Å². The minimum absolute atomic E-state index is 0.0356. The maximum absolute atomic E-state index is 13.9. The van der Waals surface area contributed by atoms with Gasteiger partial charge in [0, 0.05) is 17.2 Å². The van der Waals surface area contributed by atoms with E-state index in [0.717, 1.165) is 5.56 Å². The molecule has 1 aliphatic rings. The van der Waals surface area contributed by atoms with Gasteiger partial charge in [0.05, 0.1) is 5.92 Å². The lowest BCUT2D eigenvalue weighted by molar-refractivity contribution is -0.136. The first-order valence-corrected chi connectivity index (χ1v) is 13.4. The Morgan fingerprint density at radius 1 is 0.952 bits per heavy atom. The van der Waals surface area contributed by atoms with E-state index in [9.17, 15) is 14.4 Å². The first kappa shape index (κ1) is 28.2. The Morgan fingerprint density at radius 3 is 2.31 bits per heavy atom.